The largest absolute Gasteiger partial charge is 0.302 e. The van der Waals surface area contributed by atoms with Crippen LogP contribution in [-0.2, 0) is 12.3 Å². The molecule has 8 heteroatoms. The Balaban J connectivity index is 1.87. The fourth-order valence-electron chi connectivity index (χ4n) is 2.41. The molecule has 1 aromatic heterocycles. The van der Waals surface area contributed by atoms with Crippen LogP contribution in [0, 0.1) is 15.9 Å². The van der Waals surface area contributed by atoms with E-state index in [0.717, 1.165) is 0 Å². The van der Waals surface area contributed by atoms with Gasteiger partial charge in [0.05, 0.1) is 4.92 Å². The molecule has 128 valence electrons. The second-order valence-corrected chi connectivity index (χ2v) is 6.18. The van der Waals surface area contributed by atoms with E-state index in [1.807, 2.05) is 11.5 Å². The normalized spacial score (nSPS) is 10.8. The first-order valence-electron chi connectivity index (χ1n) is 7.64. The lowest BCUT2D eigenvalue weighted by molar-refractivity contribution is -0.384. The molecule has 25 heavy (non-hydrogen) atoms. The number of hydrogen-bond donors (Lipinski definition) is 0. The summed E-state index contributed by atoms with van der Waals surface area (Å²) in [5.74, 6) is 0.735. The number of nitrogens with zero attached hydrogens (tertiary/aromatic N) is 4. The van der Waals surface area contributed by atoms with Gasteiger partial charge in [0, 0.05) is 30.0 Å². The van der Waals surface area contributed by atoms with Gasteiger partial charge in [0.15, 0.2) is 11.0 Å². The van der Waals surface area contributed by atoms with Crippen LogP contribution in [0.1, 0.15) is 12.5 Å². The third-order valence-corrected chi connectivity index (χ3v) is 4.68. The maximum atomic E-state index is 13.7. The molecule has 0 radical (unpaired) electrons. The zero-order valence-electron chi connectivity index (χ0n) is 13.4. The Morgan fingerprint density at radius 2 is 2.00 bits per heavy atom. The molecule has 0 fully saturated rings. The van der Waals surface area contributed by atoms with Gasteiger partial charge in [-0.25, -0.2) is 4.39 Å². The van der Waals surface area contributed by atoms with Crippen LogP contribution in [0.4, 0.5) is 10.1 Å². The van der Waals surface area contributed by atoms with E-state index in [9.17, 15) is 14.5 Å². The first-order valence-corrected chi connectivity index (χ1v) is 8.63. The molecule has 0 amide bonds. The zero-order valence-corrected chi connectivity index (χ0v) is 14.2. The minimum atomic E-state index is -0.440. The van der Waals surface area contributed by atoms with E-state index in [4.69, 9.17) is 0 Å². The monoisotopic (exact) mass is 358 g/mol. The van der Waals surface area contributed by atoms with Crippen molar-refractivity contribution < 1.29 is 9.31 Å². The third-order valence-electron chi connectivity index (χ3n) is 3.66. The van der Waals surface area contributed by atoms with Crippen molar-refractivity contribution in [1.82, 2.24) is 14.8 Å². The van der Waals surface area contributed by atoms with E-state index >= 15 is 0 Å². The summed E-state index contributed by atoms with van der Waals surface area (Å²) in [4.78, 5) is 10.5. The molecule has 2 aromatic carbocycles. The highest BCUT2D eigenvalue weighted by atomic mass is 32.2. The first kappa shape index (κ1) is 17.1. The van der Waals surface area contributed by atoms with Crippen LogP contribution in [0.3, 0.4) is 0 Å². The summed E-state index contributed by atoms with van der Waals surface area (Å²) in [6.45, 7) is 2.54. The van der Waals surface area contributed by atoms with Gasteiger partial charge in [-0.3, -0.25) is 10.1 Å². The number of nitro groups is 1. The number of thioether (sulfide) groups is 1. The van der Waals surface area contributed by atoms with Gasteiger partial charge in [0.2, 0.25) is 0 Å². The Morgan fingerprint density at radius 3 is 2.72 bits per heavy atom. The number of rotatable bonds is 6. The molecule has 0 saturated heterocycles. The lowest BCUT2D eigenvalue weighted by Gasteiger charge is -2.07. The maximum Gasteiger partial charge on any atom is 0.270 e. The molecule has 0 atom stereocenters. The minimum absolute atomic E-state index is 0.00344. The van der Waals surface area contributed by atoms with E-state index in [-0.39, 0.29) is 11.5 Å². The molecule has 0 bridgehead atoms. The van der Waals surface area contributed by atoms with Crippen molar-refractivity contribution >= 4 is 17.4 Å². The van der Waals surface area contributed by atoms with Crippen molar-refractivity contribution in [2.24, 2.45) is 0 Å². The smallest absolute Gasteiger partial charge is 0.270 e. The summed E-state index contributed by atoms with van der Waals surface area (Å²) >= 11 is 1.38. The van der Waals surface area contributed by atoms with Crippen LogP contribution in [0.5, 0.6) is 0 Å². The summed E-state index contributed by atoms with van der Waals surface area (Å²) in [5.41, 5.74) is 1.22. The minimum Gasteiger partial charge on any atom is -0.302 e. The Morgan fingerprint density at radius 1 is 1.20 bits per heavy atom. The van der Waals surface area contributed by atoms with E-state index in [1.54, 1.807) is 30.3 Å². The van der Waals surface area contributed by atoms with Crippen molar-refractivity contribution in [3.63, 3.8) is 0 Å². The highest BCUT2D eigenvalue weighted by molar-refractivity contribution is 7.98. The number of benzene rings is 2. The van der Waals surface area contributed by atoms with Crippen LogP contribution >= 0.6 is 11.8 Å². The maximum absolute atomic E-state index is 13.7. The van der Waals surface area contributed by atoms with E-state index in [0.29, 0.717) is 34.4 Å². The third kappa shape index (κ3) is 3.69. The Labute approximate surface area is 147 Å². The van der Waals surface area contributed by atoms with E-state index in [2.05, 4.69) is 10.2 Å². The highest BCUT2D eigenvalue weighted by Crippen LogP contribution is 2.28. The summed E-state index contributed by atoms with van der Waals surface area (Å²) in [5, 5.41) is 19.9. The molecular formula is C17H15FN4O2S. The van der Waals surface area contributed by atoms with Crippen LogP contribution in [0.25, 0.3) is 11.4 Å². The molecule has 0 aliphatic rings. The van der Waals surface area contributed by atoms with Crippen LogP contribution in [0.15, 0.2) is 53.7 Å². The zero-order chi connectivity index (χ0) is 17.8. The van der Waals surface area contributed by atoms with Gasteiger partial charge in [0.1, 0.15) is 5.82 Å². The van der Waals surface area contributed by atoms with Crippen molar-refractivity contribution in [1.29, 1.82) is 0 Å². The predicted molar refractivity (Wildman–Crippen MR) is 93.7 cm³/mol. The average molecular weight is 358 g/mol. The molecule has 0 aliphatic heterocycles. The second kappa shape index (κ2) is 7.43. The fraction of sp³-hybridized carbons (Fsp3) is 0.176. The van der Waals surface area contributed by atoms with Gasteiger partial charge in [-0.05, 0) is 18.6 Å². The number of halogens is 1. The van der Waals surface area contributed by atoms with E-state index < -0.39 is 4.92 Å². The molecule has 3 aromatic rings. The Bertz CT molecular complexity index is 913. The van der Waals surface area contributed by atoms with Crippen molar-refractivity contribution in [3.8, 4) is 11.4 Å². The second-order valence-electron chi connectivity index (χ2n) is 5.24. The average Bonchev–Trinajstić information content (AvgIpc) is 3.04. The highest BCUT2D eigenvalue weighted by Gasteiger charge is 2.16. The Kier molecular flexibility index (Phi) is 5.08. The molecular weight excluding hydrogens is 343 g/mol. The molecule has 0 aliphatic carbocycles. The number of nitro benzene ring substituents is 1. The fourth-order valence-corrected chi connectivity index (χ4v) is 3.40. The number of aromatic nitrogens is 3. The standard InChI is InChI=1S/C17H15FN4O2S/c1-2-21-16(12-7-5-8-14(10-12)22(23)24)19-20-17(21)25-11-13-6-3-4-9-15(13)18/h3-10H,2,11H2,1H3. The predicted octanol–water partition coefficient (Wildman–Crippen LogP) is 4.30. The number of non-ortho nitro benzene ring substituents is 1. The molecule has 0 saturated carbocycles. The van der Waals surface area contributed by atoms with Crippen molar-refractivity contribution in [2.75, 3.05) is 0 Å². The topological polar surface area (TPSA) is 73.8 Å². The molecule has 0 N–H and O–H groups in total. The molecule has 3 rings (SSSR count). The van der Waals surface area contributed by atoms with Gasteiger partial charge in [0.25, 0.3) is 5.69 Å². The van der Waals surface area contributed by atoms with Gasteiger partial charge < -0.3 is 4.57 Å². The van der Waals surface area contributed by atoms with E-state index in [1.165, 1.54) is 30.0 Å². The van der Waals surface area contributed by atoms with Crippen LogP contribution in [0.2, 0.25) is 0 Å². The molecule has 0 spiro atoms. The molecule has 6 nitrogen and oxygen atoms in total. The summed E-state index contributed by atoms with van der Waals surface area (Å²) in [6, 6.07) is 12.9. The lowest BCUT2D eigenvalue weighted by atomic mass is 10.2. The van der Waals surface area contributed by atoms with Gasteiger partial charge in [-0.2, -0.15) is 0 Å². The number of hydrogen-bond acceptors (Lipinski definition) is 5. The summed E-state index contributed by atoms with van der Waals surface area (Å²) in [7, 11) is 0. The lowest BCUT2D eigenvalue weighted by Crippen LogP contribution is -2.00. The summed E-state index contributed by atoms with van der Waals surface area (Å²) < 4.78 is 15.6. The molecule has 0 unspecified atom stereocenters. The van der Waals surface area contributed by atoms with Crippen molar-refractivity contribution in [2.45, 2.75) is 24.4 Å². The van der Waals surface area contributed by atoms with Crippen LogP contribution in [-0.4, -0.2) is 19.7 Å². The van der Waals surface area contributed by atoms with Crippen molar-refractivity contribution in [3.05, 3.63) is 70.0 Å². The SMILES string of the molecule is CCn1c(SCc2ccccc2F)nnc1-c1cccc([N+](=O)[O-])c1. The molecule has 1 heterocycles. The van der Waals surface area contributed by atoms with Gasteiger partial charge >= 0.3 is 0 Å². The Hall–Kier alpha value is -2.74. The first-order chi connectivity index (χ1) is 12.1. The summed E-state index contributed by atoms with van der Waals surface area (Å²) in [6.07, 6.45) is 0. The van der Waals surface area contributed by atoms with Gasteiger partial charge in [-0.1, -0.05) is 42.1 Å². The van der Waals surface area contributed by atoms with Crippen LogP contribution < -0.4 is 0 Å². The van der Waals surface area contributed by atoms with Gasteiger partial charge in [-0.15, -0.1) is 10.2 Å². The quantitative estimate of drug-likeness (QED) is 0.373.